The number of anilines is 1. The summed E-state index contributed by atoms with van der Waals surface area (Å²) >= 11 is 0. The largest absolute Gasteiger partial charge is 0.481 e. The van der Waals surface area contributed by atoms with Gasteiger partial charge in [-0.05, 0) is 50.7 Å². The highest BCUT2D eigenvalue weighted by atomic mass is 19.3. The maximum absolute atomic E-state index is 13.6. The van der Waals surface area contributed by atoms with Crippen molar-refractivity contribution >= 4 is 17.7 Å². The van der Waals surface area contributed by atoms with Crippen LogP contribution in [0.3, 0.4) is 0 Å². The standard InChI is InChI=1S/C25H28F2N2O2/c1-4-22(30)28-21-16-19(13-10-17-11-14-20(15-12-17)25(2,26)27)24(31-3)29-23(21)18-8-6-5-7-9-18/h4-10,13,16-17,20H,1,11-12,14-15H2,2-3H3,(H,28,30)/b13-10+. The minimum atomic E-state index is -2.62. The number of nitrogens with zero attached hydrogens (tertiary/aromatic N) is 1. The first-order valence-corrected chi connectivity index (χ1v) is 10.5. The molecule has 4 nitrogen and oxygen atoms in total. The van der Waals surface area contributed by atoms with Gasteiger partial charge >= 0.3 is 0 Å². The number of aromatic nitrogens is 1. The second kappa shape index (κ2) is 9.86. The van der Waals surface area contributed by atoms with Crippen molar-refractivity contribution in [2.24, 2.45) is 11.8 Å². The average Bonchev–Trinajstić information content (AvgIpc) is 2.77. The van der Waals surface area contributed by atoms with Gasteiger partial charge in [0.1, 0.15) is 0 Å². The first kappa shape index (κ1) is 22.7. The molecule has 164 valence electrons. The lowest BCUT2D eigenvalue weighted by Crippen LogP contribution is -2.28. The third-order valence-corrected chi connectivity index (χ3v) is 5.74. The fourth-order valence-electron chi connectivity index (χ4n) is 3.95. The van der Waals surface area contributed by atoms with Crippen molar-refractivity contribution in [2.75, 3.05) is 12.4 Å². The number of ether oxygens (including phenoxy) is 1. The molecule has 1 aromatic heterocycles. The fourth-order valence-corrected chi connectivity index (χ4v) is 3.95. The zero-order valence-electron chi connectivity index (χ0n) is 17.9. The molecule has 1 aliphatic carbocycles. The van der Waals surface area contributed by atoms with Crippen LogP contribution in [0.25, 0.3) is 17.3 Å². The minimum Gasteiger partial charge on any atom is -0.481 e. The van der Waals surface area contributed by atoms with Crippen LogP contribution in [0.5, 0.6) is 5.88 Å². The van der Waals surface area contributed by atoms with Crippen molar-refractivity contribution in [1.29, 1.82) is 0 Å². The van der Waals surface area contributed by atoms with Crippen LogP contribution in [0.2, 0.25) is 0 Å². The van der Waals surface area contributed by atoms with E-state index in [1.54, 1.807) is 7.11 Å². The van der Waals surface area contributed by atoms with Gasteiger partial charge in [0.2, 0.25) is 17.7 Å². The molecular weight excluding hydrogens is 398 g/mol. The Hall–Kier alpha value is -3.02. The molecule has 0 spiro atoms. The molecule has 2 aromatic rings. The van der Waals surface area contributed by atoms with Gasteiger partial charge in [0.25, 0.3) is 0 Å². The van der Waals surface area contributed by atoms with Crippen LogP contribution < -0.4 is 10.1 Å². The van der Waals surface area contributed by atoms with E-state index in [0.29, 0.717) is 35.7 Å². The van der Waals surface area contributed by atoms with E-state index in [9.17, 15) is 13.6 Å². The van der Waals surface area contributed by atoms with E-state index in [-0.39, 0.29) is 11.8 Å². The zero-order valence-corrected chi connectivity index (χ0v) is 17.9. The third-order valence-electron chi connectivity index (χ3n) is 5.74. The molecule has 0 unspecified atom stereocenters. The number of amides is 1. The molecule has 1 amide bonds. The van der Waals surface area contributed by atoms with Crippen molar-refractivity contribution < 1.29 is 18.3 Å². The number of benzene rings is 1. The second-order valence-electron chi connectivity index (χ2n) is 7.97. The molecule has 6 heteroatoms. The maximum atomic E-state index is 13.6. The van der Waals surface area contributed by atoms with Crippen LogP contribution in [0.15, 0.2) is 55.1 Å². The first-order chi connectivity index (χ1) is 14.8. The molecule has 0 atom stereocenters. The van der Waals surface area contributed by atoms with E-state index in [1.165, 1.54) is 6.08 Å². The molecule has 31 heavy (non-hydrogen) atoms. The van der Waals surface area contributed by atoms with Crippen LogP contribution >= 0.6 is 0 Å². The van der Waals surface area contributed by atoms with Crippen molar-refractivity contribution in [3.8, 4) is 17.1 Å². The third kappa shape index (κ3) is 5.78. The van der Waals surface area contributed by atoms with Crippen LogP contribution in [-0.4, -0.2) is 23.9 Å². The number of rotatable bonds is 7. The van der Waals surface area contributed by atoms with Gasteiger partial charge < -0.3 is 10.1 Å². The summed E-state index contributed by atoms with van der Waals surface area (Å²) in [5, 5.41) is 2.82. The summed E-state index contributed by atoms with van der Waals surface area (Å²) in [6.45, 7) is 4.52. The summed E-state index contributed by atoms with van der Waals surface area (Å²) in [6.07, 6.45) is 7.62. The monoisotopic (exact) mass is 426 g/mol. The summed E-state index contributed by atoms with van der Waals surface area (Å²) in [7, 11) is 1.55. The van der Waals surface area contributed by atoms with E-state index in [2.05, 4.69) is 16.9 Å². The Morgan fingerprint density at radius 2 is 1.90 bits per heavy atom. The lowest BCUT2D eigenvalue weighted by atomic mass is 9.79. The smallest absolute Gasteiger partial charge is 0.248 e. The number of hydrogen-bond acceptors (Lipinski definition) is 3. The van der Waals surface area contributed by atoms with Gasteiger partial charge in [0, 0.05) is 17.0 Å². The van der Waals surface area contributed by atoms with E-state index >= 15 is 0 Å². The highest BCUT2D eigenvalue weighted by molar-refractivity contribution is 6.01. The Labute approximate surface area is 182 Å². The summed E-state index contributed by atoms with van der Waals surface area (Å²) in [6, 6.07) is 11.3. The first-order valence-electron chi connectivity index (χ1n) is 10.5. The normalized spacial score (nSPS) is 19.2. The molecule has 0 saturated heterocycles. The Morgan fingerprint density at radius 1 is 1.23 bits per heavy atom. The van der Waals surface area contributed by atoms with E-state index < -0.39 is 11.8 Å². The van der Waals surface area contributed by atoms with Crippen LogP contribution in [0.1, 0.15) is 38.2 Å². The fraction of sp³-hybridized carbons (Fsp3) is 0.360. The van der Waals surface area contributed by atoms with Crippen molar-refractivity contribution in [3.63, 3.8) is 0 Å². The maximum Gasteiger partial charge on any atom is 0.248 e. The summed E-state index contributed by atoms with van der Waals surface area (Å²) in [5.41, 5.74) is 2.69. The quantitative estimate of drug-likeness (QED) is 0.525. The van der Waals surface area contributed by atoms with E-state index in [1.807, 2.05) is 48.6 Å². The molecule has 0 radical (unpaired) electrons. The molecule has 0 bridgehead atoms. The molecule has 1 saturated carbocycles. The number of nitrogens with one attached hydrogen (secondary N) is 1. The predicted molar refractivity (Wildman–Crippen MR) is 120 cm³/mol. The number of pyridine rings is 1. The zero-order chi connectivity index (χ0) is 22.4. The van der Waals surface area contributed by atoms with E-state index in [0.717, 1.165) is 25.3 Å². The molecule has 1 fully saturated rings. The van der Waals surface area contributed by atoms with Gasteiger partial charge in [0.15, 0.2) is 0 Å². The summed E-state index contributed by atoms with van der Waals surface area (Å²) in [4.78, 5) is 16.6. The predicted octanol–water partition coefficient (Wildman–Crippen LogP) is 6.36. The molecule has 0 aliphatic heterocycles. The summed E-state index contributed by atoms with van der Waals surface area (Å²) < 4.78 is 32.6. The van der Waals surface area contributed by atoms with Gasteiger partial charge in [-0.15, -0.1) is 0 Å². The average molecular weight is 427 g/mol. The number of alkyl halides is 2. The minimum absolute atomic E-state index is 0.225. The van der Waals surface area contributed by atoms with Gasteiger partial charge in [-0.3, -0.25) is 4.79 Å². The number of hydrogen-bond donors (Lipinski definition) is 1. The van der Waals surface area contributed by atoms with Crippen molar-refractivity contribution in [2.45, 2.75) is 38.5 Å². The Balaban J connectivity index is 1.88. The Kier molecular flexibility index (Phi) is 7.21. The Morgan fingerprint density at radius 3 is 2.48 bits per heavy atom. The van der Waals surface area contributed by atoms with Crippen molar-refractivity contribution in [3.05, 3.63) is 60.7 Å². The number of carbonyl (C=O) groups excluding carboxylic acids is 1. The number of allylic oxidation sites excluding steroid dienone is 1. The van der Waals surface area contributed by atoms with Gasteiger partial charge in [-0.1, -0.05) is 49.1 Å². The van der Waals surface area contributed by atoms with E-state index in [4.69, 9.17) is 4.74 Å². The SMILES string of the molecule is C=CC(=O)Nc1cc(/C=C/C2CCC(C(C)(F)F)CC2)c(OC)nc1-c1ccccc1. The topological polar surface area (TPSA) is 51.2 Å². The highest BCUT2D eigenvalue weighted by Gasteiger charge is 2.36. The van der Waals surface area contributed by atoms with Crippen LogP contribution in [0, 0.1) is 11.8 Å². The summed E-state index contributed by atoms with van der Waals surface area (Å²) in [5.74, 6) is -2.84. The highest BCUT2D eigenvalue weighted by Crippen LogP contribution is 2.39. The van der Waals surface area contributed by atoms with Gasteiger partial charge in [0.05, 0.1) is 18.5 Å². The molecule has 3 rings (SSSR count). The van der Waals surface area contributed by atoms with Gasteiger partial charge in [-0.2, -0.15) is 0 Å². The molecule has 1 N–H and O–H groups in total. The van der Waals surface area contributed by atoms with Gasteiger partial charge in [-0.25, -0.2) is 13.8 Å². The molecule has 1 heterocycles. The lowest BCUT2D eigenvalue weighted by molar-refractivity contribution is -0.111. The molecule has 1 aromatic carbocycles. The van der Waals surface area contributed by atoms with Crippen LogP contribution in [-0.2, 0) is 4.79 Å². The van der Waals surface area contributed by atoms with Crippen LogP contribution in [0.4, 0.5) is 14.5 Å². The molecule has 1 aliphatic rings. The van der Waals surface area contributed by atoms with Crippen molar-refractivity contribution in [1.82, 2.24) is 4.98 Å². The number of methoxy groups -OCH3 is 1. The lowest BCUT2D eigenvalue weighted by Gasteiger charge is -2.30. The Bertz CT molecular complexity index is 944. The second-order valence-corrected chi connectivity index (χ2v) is 7.97. The number of carbonyl (C=O) groups is 1. The molecular formula is C25H28F2N2O2. The number of halogens is 2.